The van der Waals surface area contributed by atoms with Crippen LogP contribution in [-0.2, 0) is 14.8 Å². The number of nitrogens with one attached hydrogen (secondary N) is 1. The van der Waals surface area contributed by atoms with Crippen molar-refractivity contribution < 1.29 is 17.9 Å². The second-order valence-corrected chi connectivity index (χ2v) is 10.5. The fourth-order valence-corrected chi connectivity index (χ4v) is 4.95. The Hall–Kier alpha value is -2.40. The summed E-state index contributed by atoms with van der Waals surface area (Å²) < 4.78 is 30.8. The number of hydrogen-bond acceptors (Lipinski definition) is 7. The van der Waals surface area contributed by atoms with E-state index in [0.29, 0.717) is 38.0 Å². The zero-order chi connectivity index (χ0) is 23.3. The molecule has 12 heteroatoms. The summed E-state index contributed by atoms with van der Waals surface area (Å²) in [6.45, 7) is 0.112. The van der Waals surface area contributed by atoms with Crippen LogP contribution >= 0.6 is 34.5 Å². The molecule has 0 saturated carbocycles. The van der Waals surface area contributed by atoms with Crippen LogP contribution in [0.2, 0.25) is 10.0 Å². The molecule has 0 aliphatic heterocycles. The smallest absolute Gasteiger partial charge is 0.232 e. The van der Waals surface area contributed by atoms with E-state index in [1.54, 1.807) is 24.3 Å². The normalized spacial score (nSPS) is 11.2. The molecule has 2 aromatic carbocycles. The predicted octanol–water partition coefficient (Wildman–Crippen LogP) is 4.71. The highest BCUT2D eigenvalue weighted by molar-refractivity contribution is 7.92. The van der Waals surface area contributed by atoms with Crippen LogP contribution in [0.5, 0.6) is 5.75 Å². The molecule has 0 aliphatic carbocycles. The number of carbonyl (C=O) groups is 1. The van der Waals surface area contributed by atoms with Crippen molar-refractivity contribution in [2.24, 2.45) is 0 Å². The predicted molar refractivity (Wildman–Crippen MR) is 128 cm³/mol. The number of rotatable bonds is 9. The van der Waals surface area contributed by atoms with E-state index in [1.165, 1.54) is 28.8 Å². The third-order valence-corrected chi connectivity index (χ3v) is 6.98. The van der Waals surface area contributed by atoms with Crippen LogP contribution in [0.1, 0.15) is 12.8 Å². The maximum absolute atomic E-state index is 12.3. The van der Waals surface area contributed by atoms with Crippen LogP contribution < -0.4 is 14.4 Å². The molecule has 1 amide bonds. The molecule has 32 heavy (non-hydrogen) atoms. The second kappa shape index (κ2) is 10.5. The lowest BCUT2D eigenvalue weighted by Gasteiger charge is -2.23. The van der Waals surface area contributed by atoms with Gasteiger partial charge in [-0.05, 0) is 36.8 Å². The van der Waals surface area contributed by atoms with E-state index in [4.69, 9.17) is 27.9 Å². The Morgan fingerprint density at radius 1 is 1.16 bits per heavy atom. The first-order valence-electron chi connectivity index (χ1n) is 9.38. The number of sulfonamides is 1. The van der Waals surface area contributed by atoms with E-state index in [1.807, 2.05) is 12.1 Å². The number of ether oxygens (including phenoxy) is 1. The van der Waals surface area contributed by atoms with Crippen LogP contribution in [0.15, 0.2) is 42.5 Å². The van der Waals surface area contributed by atoms with Gasteiger partial charge in [0.2, 0.25) is 21.1 Å². The number of anilines is 2. The van der Waals surface area contributed by atoms with Crippen LogP contribution in [0.3, 0.4) is 0 Å². The van der Waals surface area contributed by atoms with E-state index < -0.39 is 10.0 Å². The summed E-state index contributed by atoms with van der Waals surface area (Å²) in [5.74, 6) is 0.156. The lowest BCUT2D eigenvalue weighted by atomic mass is 10.2. The highest BCUT2D eigenvalue weighted by atomic mass is 35.5. The summed E-state index contributed by atoms with van der Waals surface area (Å²) in [4.78, 5) is 12.3. The Bertz CT molecular complexity index is 1200. The first-order valence-corrected chi connectivity index (χ1v) is 12.8. The van der Waals surface area contributed by atoms with Gasteiger partial charge in [0.25, 0.3) is 0 Å². The van der Waals surface area contributed by atoms with Gasteiger partial charge in [0.1, 0.15) is 10.8 Å². The Morgan fingerprint density at radius 2 is 1.88 bits per heavy atom. The molecule has 1 aromatic heterocycles. The van der Waals surface area contributed by atoms with Gasteiger partial charge in [-0.15, -0.1) is 10.2 Å². The standard InChI is InChI=1S/C20H20Cl2N4O4S2/c1-30-17-10-9-15(12-16(17)22)26(32(2,28)29)11-3-4-18(27)23-20-25-24-19(31-20)13-5-7-14(21)8-6-13/h5-10,12H,3-4,11H2,1-2H3,(H,23,25,27). The number of nitrogens with zero attached hydrogens (tertiary/aromatic N) is 3. The van der Waals surface area contributed by atoms with E-state index >= 15 is 0 Å². The van der Waals surface area contributed by atoms with Gasteiger partial charge in [0.15, 0.2) is 0 Å². The summed E-state index contributed by atoms with van der Waals surface area (Å²) in [6.07, 6.45) is 1.50. The van der Waals surface area contributed by atoms with Gasteiger partial charge in [-0.25, -0.2) is 8.42 Å². The molecule has 1 heterocycles. The molecule has 0 spiro atoms. The molecule has 0 saturated heterocycles. The summed E-state index contributed by atoms with van der Waals surface area (Å²) in [6, 6.07) is 11.8. The third-order valence-electron chi connectivity index (χ3n) is 4.35. The fraction of sp³-hybridized carbons (Fsp3) is 0.250. The average Bonchev–Trinajstić information content (AvgIpc) is 3.19. The van der Waals surface area contributed by atoms with Crippen LogP contribution in [-0.4, -0.2) is 44.4 Å². The topological polar surface area (TPSA) is 101 Å². The molecule has 170 valence electrons. The largest absolute Gasteiger partial charge is 0.495 e. The number of aromatic nitrogens is 2. The second-order valence-electron chi connectivity index (χ2n) is 6.72. The number of hydrogen-bond donors (Lipinski definition) is 1. The summed E-state index contributed by atoms with van der Waals surface area (Å²) >= 11 is 13.2. The molecule has 0 bridgehead atoms. The van der Waals surface area contributed by atoms with Gasteiger partial charge in [-0.2, -0.15) is 0 Å². The number of benzene rings is 2. The molecular weight excluding hydrogens is 495 g/mol. The third kappa shape index (κ3) is 6.32. The van der Waals surface area contributed by atoms with Crippen LogP contribution in [0.4, 0.5) is 10.8 Å². The van der Waals surface area contributed by atoms with Crippen molar-refractivity contribution in [2.75, 3.05) is 29.5 Å². The van der Waals surface area contributed by atoms with Crippen molar-refractivity contribution in [1.29, 1.82) is 0 Å². The summed E-state index contributed by atoms with van der Waals surface area (Å²) in [5, 5.41) is 12.7. The summed E-state index contributed by atoms with van der Waals surface area (Å²) in [7, 11) is -2.09. The van der Waals surface area contributed by atoms with Crippen molar-refractivity contribution in [3.63, 3.8) is 0 Å². The van der Waals surface area contributed by atoms with Crippen molar-refractivity contribution in [3.05, 3.63) is 52.5 Å². The molecule has 0 unspecified atom stereocenters. The number of halogens is 2. The highest BCUT2D eigenvalue weighted by Crippen LogP contribution is 2.30. The van der Waals surface area contributed by atoms with E-state index in [-0.39, 0.29) is 18.9 Å². The molecule has 0 atom stereocenters. The molecule has 8 nitrogen and oxygen atoms in total. The molecule has 3 aromatic rings. The lowest BCUT2D eigenvalue weighted by Crippen LogP contribution is -2.31. The van der Waals surface area contributed by atoms with Gasteiger partial charge in [-0.1, -0.05) is 46.7 Å². The molecule has 1 N–H and O–H groups in total. The number of amides is 1. The zero-order valence-corrected chi connectivity index (χ0v) is 20.4. The van der Waals surface area contributed by atoms with Gasteiger partial charge in [0, 0.05) is 23.6 Å². The molecular formula is C20H20Cl2N4O4S2. The minimum absolute atomic E-state index is 0.103. The quantitative estimate of drug-likeness (QED) is 0.443. The first-order chi connectivity index (χ1) is 15.2. The Labute approximate surface area is 200 Å². The SMILES string of the molecule is COc1ccc(N(CCCC(=O)Nc2nnc(-c3ccc(Cl)cc3)s2)S(C)(=O)=O)cc1Cl. The monoisotopic (exact) mass is 514 g/mol. The maximum atomic E-state index is 12.3. The highest BCUT2D eigenvalue weighted by Gasteiger charge is 2.19. The molecule has 0 fully saturated rings. The van der Waals surface area contributed by atoms with Crippen molar-refractivity contribution in [1.82, 2.24) is 10.2 Å². The van der Waals surface area contributed by atoms with E-state index in [0.717, 1.165) is 11.8 Å². The first kappa shape index (κ1) is 24.2. The van der Waals surface area contributed by atoms with E-state index in [2.05, 4.69) is 15.5 Å². The maximum Gasteiger partial charge on any atom is 0.232 e. The number of methoxy groups -OCH3 is 1. The zero-order valence-electron chi connectivity index (χ0n) is 17.2. The summed E-state index contributed by atoms with van der Waals surface area (Å²) in [5.41, 5.74) is 1.24. The minimum atomic E-state index is -3.57. The Balaban J connectivity index is 1.59. The van der Waals surface area contributed by atoms with Crippen molar-refractivity contribution in [2.45, 2.75) is 12.8 Å². The van der Waals surface area contributed by atoms with Gasteiger partial charge < -0.3 is 10.1 Å². The van der Waals surface area contributed by atoms with Gasteiger partial charge in [0.05, 0.1) is 24.1 Å². The van der Waals surface area contributed by atoms with Gasteiger partial charge >= 0.3 is 0 Å². The molecule has 0 aliphatic rings. The van der Waals surface area contributed by atoms with Gasteiger partial charge in [-0.3, -0.25) is 9.10 Å². The Kier molecular flexibility index (Phi) is 7.94. The van der Waals surface area contributed by atoms with Crippen molar-refractivity contribution in [3.8, 4) is 16.3 Å². The van der Waals surface area contributed by atoms with Crippen LogP contribution in [0.25, 0.3) is 10.6 Å². The lowest BCUT2D eigenvalue weighted by molar-refractivity contribution is -0.116. The number of carbonyl (C=O) groups excluding carboxylic acids is 1. The molecule has 0 radical (unpaired) electrons. The van der Waals surface area contributed by atoms with E-state index in [9.17, 15) is 13.2 Å². The van der Waals surface area contributed by atoms with Crippen LogP contribution in [0, 0.1) is 0 Å². The van der Waals surface area contributed by atoms with Crippen molar-refractivity contribution >= 4 is 61.3 Å². The molecule has 3 rings (SSSR count). The minimum Gasteiger partial charge on any atom is -0.495 e. The fourth-order valence-electron chi connectivity index (χ4n) is 2.84. The average molecular weight is 515 g/mol. The Morgan fingerprint density at radius 3 is 2.50 bits per heavy atom.